The van der Waals surface area contributed by atoms with Gasteiger partial charge in [0.15, 0.2) is 5.82 Å². The molecular formula is C24H30F4N5O2P. The van der Waals surface area contributed by atoms with Crippen LogP contribution in [0.1, 0.15) is 51.0 Å². The van der Waals surface area contributed by atoms with Crippen molar-refractivity contribution < 1.29 is 26.9 Å². The fourth-order valence-corrected chi connectivity index (χ4v) is 3.45. The predicted octanol–water partition coefficient (Wildman–Crippen LogP) is 5.04. The van der Waals surface area contributed by atoms with Crippen molar-refractivity contribution >= 4 is 15.6 Å². The lowest BCUT2D eigenvalue weighted by Gasteiger charge is -2.14. The highest BCUT2D eigenvalue weighted by atomic mass is 31.0. The maximum atomic E-state index is 13.6. The number of hydrogen-bond acceptors (Lipinski definition) is 6. The fourth-order valence-electron chi connectivity index (χ4n) is 3.17. The Kier molecular flexibility index (Phi) is 14.2. The lowest BCUT2D eigenvalue weighted by molar-refractivity contribution is -0.119. The summed E-state index contributed by atoms with van der Waals surface area (Å²) in [6.07, 6.45) is 16.3. The second-order valence-corrected chi connectivity index (χ2v) is 8.17. The maximum Gasteiger partial charge on any atom is 0.249 e. The largest absolute Gasteiger partial charge is 0.337 e. The van der Waals surface area contributed by atoms with Gasteiger partial charge in [-0.3, -0.25) is 4.79 Å². The first-order valence-corrected chi connectivity index (χ1v) is 11.7. The number of halogens is 4. The molecule has 0 spiro atoms. The van der Waals surface area contributed by atoms with Crippen LogP contribution < -0.4 is 5.73 Å². The number of aromatic nitrogens is 3. The number of amides is 1. The van der Waals surface area contributed by atoms with Crippen LogP contribution in [0.2, 0.25) is 0 Å². The minimum atomic E-state index is -0.865. The third-order valence-electron chi connectivity index (χ3n) is 5.13. The van der Waals surface area contributed by atoms with Crippen LogP contribution in [-0.2, 0) is 4.79 Å². The van der Waals surface area contributed by atoms with E-state index in [-0.39, 0.29) is 29.5 Å². The van der Waals surface area contributed by atoms with Gasteiger partial charge in [-0.15, -0.1) is 22.1 Å². The van der Waals surface area contributed by atoms with Gasteiger partial charge >= 0.3 is 0 Å². The standard InChI is InChI=1S/C12H10F2N4O2.C10H18F2NP.C2H2/c13-7-4-8(14)10(15-5-7)11-16-12(20-17-11)9-2-1-3-18(9)6-19;1-2-8(13)4-3-5-10(14)9(12)6-7-11;1-2/h4-6,9H,1-3H2;5-6,8H,2-4,7,13-14H2,1H3;1-2H/b;9-6+,10-5+;/t9-;;/m0../s1. The van der Waals surface area contributed by atoms with Crippen LogP contribution in [0.15, 0.2) is 40.1 Å². The molecule has 3 heterocycles. The highest BCUT2D eigenvalue weighted by Gasteiger charge is 2.30. The number of rotatable bonds is 9. The van der Waals surface area contributed by atoms with Crippen molar-refractivity contribution in [3.63, 3.8) is 0 Å². The number of likely N-dealkylation sites (tertiary alicyclic amines) is 1. The van der Waals surface area contributed by atoms with E-state index < -0.39 is 24.1 Å². The molecule has 1 aliphatic rings. The van der Waals surface area contributed by atoms with E-state index in [0.29, 0.717) is 24.3 Å². The summed E-state index contributed by atoms with van der Waals surface area (Å²) in [7, 11) is 2.26. The van der Waals surface area contributed by atoms with Crippen LogP contribution in [0.5, 0.6) is 0 Å². The van der Waals surface area contributed by atoms with Gasteiger partial charge < -0.3 is 15.2 Å². The van der Waals surface area contributed by atoms with Crippen molar-refractivity contribution in [2.24, 2.45) is 5.73 Å². The second kappa shape index (κ2) is 16.6. The molecule has 3 rings (SSSR count). The van der Waals surface area contributed by atoms with Crippen LogP contribution in [0.4, 0.5) is 17.6 Å². The number of allylic oxidation sites excluding steroid dienone is 4. The minimum absolute atomic E-state index is 0.0600. The topological polar surface area (TPSA) is 98.1 Å². The Balaban J connectivity index is 0.000000359. The number of nitrogens with zero attached hydrogens (tertiary/aromatic N) is 4. The first-order valence-electron chi connectivity index (χ1n) is 11.1. The van der Waals surface area contributed by atoms with Crippen LogP contribution in [-0.4, -0.2) is 45.7 Å². The molecule has 0 aliphatic carbocycles. The highest BCUT2D eigenvalue weighted by Crippen LogP contribution is 2.30. The van der Waals surface area contributed by atoms with Gasteiger partial charge in [0.25, 0.3) is 0 Å². The molecule has 1 amide bonds. The molecule has 0 aromatic carbocycles. The summed E-state index contributed by atoms with van der Waals surface area (Å²) in [6, 6.07) is 0.570. The molecule has 1 saturated heterocycles. The van der Waals surface area contributed by atoms with E-state index in [1.165, 1.54) is 0 Å². The lowest BCUT2D eigenvalue weighted by atomic mass is 10.1. The highest BCUT2D eigenvalue weighted by molar-refractivity contribution is 7.23. The predicted molar refractivity (Wildman–Crippen MR) is 133 cm³/mol. The molecule has 12 heteroatoms. The van der Waals surface area contributed by atoms with E-state index in [9.17, 15) is 22.4 Å². The fraction of sp³-hybridized carbons (Fsp3) is 0.417. The number of nitrogens with two attached hydrogens (primary N) is 1. The summed E-state index contributed by atoms with van der Waals surface area (Å²) < 4.78 is 56.1. The van der Waals surface area contributed by atoms with Crippen molar-refractivity contribution in [1.29, 1.82) is 0 Å². The van der Waals surface area contributed by atoms with Crippen molar-refractivity contribution in [3.8, 4) is 24.4 Å². The average molecular weight is 528 g/mol. The number of hydrogen-bond donors (Lipinski definition) is 1. The molecule has 196 valence electrons. The van der Waals surface area contributed by atoms with Crippen LogP contribution in [0.3, 0.4) is 0 Å². The zero-order chi connectivity index (χ0) is 27.1. The van der Waals surface area contributed by atoms with Crippen molar-refractivity contribution in [1.82, 2.24) is 20.0 Å². The SMILES string of the molecule is C#C.CCC(N)CC/C=C(P)\C(F)=C/CF.O=CN1CCC[C@H]1c1nc(-c2ncc(F)cc2F)no1. The van der Waals surface area contributed by atoms with Crippen molar-refractivity contribution in [3.05, 3.63) is 53.1 Å². The monoisotopic (exact) mass is 527 g/mol. The normalized spacial score (nSPS) is 16.5. The molecule has 0 saturated carbocycles. The lowest BCUT2D eigenvalue weighted by Crippen LogP contribution is -2.21. The second-order valence-electron chi connectivity index (χ2n) is 7.55. The molecule has 0 radical (unpaired) electrons. The van der Waals surface area contributed by atoms with E-state index >= 15 is 0 Å². The Morgan fingerprint density at radius 3 is 2.72 bits per heavy atom. The Morgan fingerprint density at radius 1 is 1.39 bits per heavy atom. The molecule has 1 aliphatic heterocycles. The Morgan fingerprint density at radius 2 is 2.11 bits per heavy atom. The first-order chi connectivity index (χ1) is 17.3. The summed E-state index contributed by atoms with van der Waals surface area (Å²) >= 11 is 0. The summed E-state index contributed by atoms with van der Waals surface area (Å²) in [4.78, 5) is 20.1. The van der Waals surface area contributed by atoms with Gasteiger partial charge in [-0.25, -0.2) is 22.5 Å². The molecule has 7 nitrogen and oxygen atoms in total. The third-order valence-corrected chi connectivity index (χ3v) is 5.65. The summed E-state index contributed by atoms with van der Waals surface area (Å²) in [5.74, 6) is -1.98. The van der Waals surface area contributed by atoms with E-state index in [1.807, 2.05) is 6.92 Å². The molecule has 36 heavy (non-hydrogen) atoms. The van der Waals surface area contributed by atoms with Gasteiger partial charge in [-0.2, -0.15) is 4.98 Å². The number of carbonyl (C=O) groups excluding carboxylic acids is 1. The van der Waals surface area contributed by atoms with Gasteiger partial charge in [0.05, 0.1) is 6.20 Å². The van der Waals surface area contributed by atoms with E-state index in [1.54, 1.807) is 11.0 Å². The summed E-state index contributed by atoms with van der Waals surface area (Å²) in [5, 5.41) is 4.04. The quantitative estimate of drug-likeness (QED) is 0.161. The van der Waals surface area contributed by atoms with Crippen LogP contribution >= 0.6 is 9.24 Å². The number of alkyl halides is 1. The molecule has 1 fully saturated rings. The number of terminal acetylenes is 1. The minimum Gasteiger partial charge on any atom is -0.337 e. The average Bonchev–Trinajstić information content (AvgIpc) is 3.55. The van der Waals surface area contributed by atoms with Gasteiger partial charge in [-0.05, 0) is 38.2 Å². The molecule has 3 atom stereocenters. The number of carbonyl (C=O) groups is 1. The van der Waals surface area contributed by atoms with Crippen LogP contribution in [0, 0.1) is 24.5 Å². The van der Waals surface area contributed by atoms with Gasteiger partial charge in [0.1, 0.15) is 30.1 Å². The van der Waals surface area contributed by atoms with Gasteiger partial charge in [0.2, 0.25) is 18.1 Å². The molecule has 2 N–H and O–H groups in total. The zero-order valence-electron chi connectivity index (χ0n) is 19.9. The van der Waals surface area contributed by atoms with E-state index in [4.69, 9.17) is 10.3 Å². The third kappa shape index (κ3) is 9.51. The first kappa shape index (κ1) is 30.9. The van der Waals surface area contributed by atoms with Gasteiger partial charge in [0, 0.05) is 24.0 Å². The smallest absolute Gasteiger partial charge is 0.249 e. The van der Waals surface area contributed by atoms with Gasteiger partial charge in [-0.1, -0.05) is 18.2 Å². The van der Waals surface area contributed by atoms with E-state index in [2.05, 4.69) is 37.2 Å². The Hall–Kier alpha value is -3.09. The summed E-state index contributed by atoms with van der Waals surface area (Å²) in [5.41, 5.74) is 5.51. The van der Waals surface area contributed by atoms with Crippen molar-refractivity contribution in [2.75, 3.05) is 13.2 Å². The molecule has 2 aromatic rings. The van der Waals surface area contributed by atoms with Crippen LogP contribution in [0.25, 0.3) is 11.5 Å². The molecule has 0 bridgehead atoms. The molecule has 2 unspecified atom stereocenters. The Bertz CT molecular complexity index is 1040. The zero-order valence-corrected chi connectivity index (χ0v) is 21.1. The van der Waals surface area contributed by atoms with E-state index in [0.717, 1.165) is 44.4 Å². The van der Waals surface area contributed by atoms with Crippen molar-refractivity contribution in [2.45, 2.75) is 51.1 Å². The Labute approximate surface area is 210 Å². The summed E-state index contributed by atoms with van der Waals surface area (Å²) in [6.45, 7) is 1.86. The number of pyridine rings is 1. The molecule has 2 aromatic heterocycles. The maximum absolute atomic E-state index is 13.6. The molecular weight excluding hydrogens is 497 g/mol.